The summed E-state index contributed by atoms with van der Waals surface area (Å²) in [6.45, 7) is 14.9. The number of aryl methyl sites for hydroxylation is 1. The monoisotopic (exact) mass is 287 g/mol. The highest BCUT2D eigenvalue weighted by Gasteiger charge is 2.31. The molecule has 1 fully saturated rings. The number of hydrogen-bond donors (Lipinski definition) is 1. The number of nitrogens with one attached hydrogen (secondary N) is 1. The van der Waals surface area contributed by atoms with E-state index >= 15 is 0 Å². The first kappa shape index (κ1) is 16.5. The van der Waals surface area contributed by atoms with Crippen molar-refractivity contribution in [3.63, 3.8) is 0 Å². The van der Waals surface area contributed by atoms with Gasteiger partial charge in [0.15, 0.2) is 0 Å². The highest BCUT2D eigenvalue weighted by Crippen LogP contribution is 2.41. The van der Waals surface area contributed by atoms with Crippen molar-refractivity contribution in [2.75, 3.05) is 6.54 Å². The molecule has 0 heterocycles. The summed E-state index contributed by atoms with van der Waals surface area (Å²) in [6.07, 6.45) is 4.10. The second kappa shape index (κ2) is 6.52. The van der Waals surface area contributed by atoms with Crippen LogP contribution in [0.1, 0.15) is 69.6 Å². The topological polar surface area (TPSA) is 12.0 Å². The van der Waals surface area contributed by atoms with E-state index in [-0.39, 0.29) is 5.54 Å². The van der Waals surface area contributed by atoms with Crippen molar-refractivity contribution in [1.29, 1.82) is 0 Å². The van der Waals surface area contributed by atoms with Gasteiger partial charge in [0.05, 0.1) is 0 Å². The van der Waals surface area contributed by atoms with E-state index in [0.29, 0.717) is 0 Å². The van der Waals surface area contributed by atoms with Crippen molar-refractivity contribution in [2.45, 2.75) is 72.3 Å². The maximum Gasteiger partial charge on any atom is 0.00966 e. The standard InChI is InChI=1S/C20H33N/c1-14-10-11-17(13-21-20(4,5)6)19(12-14)18-9-7-8-15(2)16(18)3/h7-9,14,17,19,21H,10-13H2,1-6H3. The number of hydrogen-bond acceptors (Lipinski definition) is 1. The average molecular weight is 287 g/mol. The zero-order valence-electron chi connectivity index (χ0n) is 14.8. The molecule has 0 spiro atoms. The Labute approximate surface area is 131 Å². The Hall–Kier alpha value is -0.820. The minimum absolute atomic E-state index is 0.218. The van der Waals surface area contributed by atoms with Crippen LogP contribution in [0.15, 0.2) is 18.2 Å². The van der Waals surface area contributed by atoms with E-state index in [4.69, 9.17) is 0 Å². The highest BCUT2D eigenvalue weighted by atomic mass is 14.9. The second-order valence-electron chi connectivity index (χ2n) is 8.20. The van der Waals surface area contributed by atoms with Crippen LogP contribution in [0, 0.1) is 25.7 Å². The van der Waals surface area contributed by atoms with Crippen molar-refractivity contribution < 1.29 is 0 Å². The maximum atomic E-state index is 3.74. The lowest BCUT2D eigenvalue weighted by molar-refractivity contribution is 0.226. The fraction of sp³-hybridized carbons (Fsp3) is 0.700. The number of rotatable bonds is 3. The molecule has 21 heavy (non-hydrogen) atoms. The molecule has 1 N–H and O–H groups in total. The van der Waals surface area contributed by atoms with Crippen LogP contribution < -0.4 is 5.32 Å². The van der Waals surface area contributed by atoms with E-state index in [1.54, 1.807) is 5.56 Å². The van der Waals surface area contributed by atoms with E-state index in [9.17, 15) is 0 Å². The molecule has 0 amide bonds. The number of benzene rings is 1. The summed E-state index contributed by atoms with van der Waals surface area (Å²) in [4.78, 5) is 0. The minimum Gasteiger partial charge on any atom is -0.312 e. The third-order valence-electron chi connectivity index (χ3n) is 5.20. The molecule has 3 unspecified atom stereocenters. The molecule has 1 aliphatic rings. The van der Waals surface area contributed by atoms with Crippen molar-refractivity contribution >= 4 is 0 Å². The van der Waals surface area contributed by atoms with Crippen LogP contribution in [-0.2, 0) is 0 Å². The summed E-state index contributed by atoms with van der Waals surface area (Å²) in [7, 11) is 0. The second-order valence-corrected chi connectivity index (χ2v) is 8.20. The summed E-state index contributed by atoms with van der Waals surface area (Å²) in [5, 5.41) is 3.74. The molecular formula is C20H33N. The zero-order valence-corrected chi connectivity index (χ0v) is 14.8. The van der Waals surface area contributed by atoms with Crippen LogP contribution in [0.3, 0.4) is 0 Å². The molecule has 0 saturated heterocycles. The summed E-state index contributed by atoms with van der Waals surface area (Å²) < 4.78 is 0. The first-order valence-electron chi connectivity index (χ1n) is 8.59. The van der Waals surface area contributed by atoms with E-state index < -0.39 is 0 Å². The molecule has 1 saturated carbocycles. The van der Waals surface area contributed by atoms with Gasteiger partial charge in [0.25, 0.3) is 0 Å². The largest absolute Gasteiger partial charge is 0.312 e. The lowest BCUT2D eigenvalue weighted by atomic mass is 9.70. The van der Waals surface area contributed by atoms with Gasteiger partial charge in [-0.15, -0.1) is 0 Å². The van der Waals surface area contributed by atoms with Crippen LogP contribution in [0.25, 0.3) is 0 Å². The van der Waals surface area contributed by atoms with Crippen LogP contribution in [-0.4, -0.2) is 12.1 Å². The third-order valence-corrected chi connectivity index (χ3v) is 5.20. The molecule has 0 aromatic heterocycles. The molecule has 1 aromatic carbocycles. The van der Waals surface area contributed by atoms with E-state index in [2.05, 4.69) is 65.1 Å². The molecule has 0 aliphatic heterocycles. The Morgan fingerprint density at radius 3 is 2.52 bits per heavy atom. The summed E-state index contributed by atoms with van der Waals surface area (Å²) in [5.41, 5.74) is 4.77. The molecule has 1 heteroatoms. The van der Waals surface area contributed by atoms with Gasteiger partial charge in [0.2, 0.25) is 0 Å². The van der Waals surface area contributed by atoms with Crippen molar-refractivity contribution in [2.24, 2.45) is 11.8 Å². The molecule has 118 valence electrons. The van der Waals surface area contributed by atoms with E-state index in [0.717, 1.165) is 24.3 Å². The van der Waals surface area contributed by atoms with E-state index in [1.165, 1.54) is 30.4 Å². The average Bonchev–Trinajstić information content (AvgIpc) is 2.39. The normalized spacial score (nSPS) is 26.9. The summed E-state index contributed by atoms with van der Waals surface area (Å²) >= 11 is 0. The molecule has 1 nitrogen and oxygen atoms in total. The van der Waals surface area contributed by atoms with Crippen LogP contribution in [0.4, 0.5) is 0 Å². The van der Waals surface area contributed by atoms with Gasteiger partial charge < -0.3 is 5.32 Å². The Morgan fingerprint density at radius 1 is 1.14 bits per heavy atom. The molecule has 2 rings (SSSR count). The summed E-state index contributed by atoms with van der Waals surface area (Å²) in [5.74, 6) is 2.37. The fourth-order valence-corrected chi connectivity index (χ4v) is 3.68. The van der Waals surface area contributed by atoms with Gasteiger partial charge in [0, 0.05) is 5.54 Å². The first-order chi connectivity index (χ1) is 9.78. The Balaban J connectivity index is 2.20. The third kappa shape index (κ3) is 4.32. The Kier molecular flexibility index (Phi) is 5.14. The van der Waals surface area contributed by atoms with Crippen molar-refractivity contribution in [3.8, 4) is 0 Å². The maximum absolute atomic E-state index is 3.74. The first-order valence-corrected chi connectivity index (χ1v) is 8.59. The lowest BCUT2D eigenvalue weighted by Gasteiger charge is -2.38. The molecule has 0 bridgehead atoms. The lowest BCUT2D eigenvalue weighted by Crippen LogP contribution is -2.41. The SMILES string of the molecule is Cc1cccc(C2CC(C)CCC2CNC(C)(C)C)c1C. The molecule has 1 aliphatic carbocycles. The van der Waals surface area contributed by atoms with Gasteiger partial charge in [-0.25, -0.2) is 0 Å². The van der Waals surface area contributed by atoms with Crippen LogP contribution >= 0.6 is 0 Å². The Morgan fingerprint density at radius 2 is 1.86 bits per heavy atom. The van der Waals surface area contributed by atoms with Gasteiger partial charge in [0.1, 0.15) is 0 Å². The highest BCUT2D eigenvalue weighted by molar-refractivity contribution is 5.36. The van der Waals surface area contributed by atoms with Gasteiger partial charge in [-0.2, -0.15) is 0 Å². The van der Waals surface area contributed by atoms with Crippen molar-refractivity contribution in [3.05, 3.63) is 34.9 Å². The summed E-state index contributed by atoms with van der Waals surface area (Å²) in [6, 6.07) is 6.85. The zero-order chi connectivity index (χ0) is 15.6. The van der Waals surface area contributed by atoms with E-state index in [1.807, 2.05) is 0 Å². The van der Waals surface area contributed by atoms with Crippen LogP contribution in [0.2, 0.25) is 0 Å². The van der Waals surface area contributed by atoms with Crippen molar-refractivity contribution in [1.82, 2.24) is 5.32 Å². The van der Waals surface area contributed by atoms with Gasteiger partial charge in [-0.1, -0.05) is 31.5 Å². The van der Waals surface area contributed by atoms with Gasteiger partial charge in [-0.05, 0) is 88.4 Å². The van der Waals surface area contributed by atoms with Crippen LogP contribution in [0.5, 0.6) is 0 Å². The molecule has 0 radical (unpaired) electrons. The predicted octanol–water partition coefficient (Wildman–Crippen LogP) is 5.21. The van der Waals surface area contributed by atoms with Gasteiger partial charge >= 0.3 is 0 Å². The van der Waals surface area contributed by atoms with Gasteiger partial charge in [-0.3, -0.25) is 0 Å². The molecule has 3 atom stereocenters. The molecular weight excluding hydrogens is 254 g/mol. The molecule has 1 aromatic rings. The quantitative estimate of drug-likeness (QED) is 0.804. The smallest absolute Gasteiger partial charge is 0.00966 e. The predicted molar refractivity (Wildman–Crippen MR) is 92.9 cm³/mol. The Bertz CT molecular complexity index is 469. The minimum atomic E-state index is 0.218. The fourth-order valence-electron chi connectivity index (χ4n) is 3.68.